The highest BCUT2D eigenvalue weighted by Crippen LogP contribution is 2.24. The predicted molar refractivity (Wildman–Crippen MR) is 108 cm³/mol. The largest absolute Gasteiger partial charge is 0.513 e. The summed E-state index contributed by atoms with van der Waals surface area (Å²) >= 11 is 1.50. The van der Waals surface area contributed by atoms with Gasteiger partial charge in [-0.2, -0.15) is 0 Å². The van der Waals surface area contributed by atoms with Crippen LogP contribution in [0.15, 0.2) is 30.5 Å². The van der Waals surface area contributed by atoms with Crippen LogP contribution in [0.5, 0.6) is 5.75 Å². The van der Waals surface area contributed by atoms with Gasteiger partial charge in [0.1, 0.15) is 5.75 Å². The van der Waals surface area contributed by atoms with Gasteiger partial charge in [-0.05, 0) is 57.5 Å². The number of likely N-dealkylation sites (tertiary alicyclic amines) is 1. The predicted octanol–water partition coefficient (Wildman–Crippen LogP) is 4.31. The van der Waals surface area contributed by atoms with Crippen LogP contribution >= 0.6 is 11.3 Å². The Bertz CT molecular complexity index is 806. The molecule has 1 unspecified atom stereocenters. The molecule has 1 atom stereocenters. The van der Waals surface area contributed by atoms with Crippen LogP contribution < -0.4 is 10.1 Å². The number of thiazole rings is 1. The van der Waals surface area contributed by atoms with Gasteiger partial charge in [-0.15, -0.1) is 11.3 Å². The quantitative estimate of drug-likeness (QED) is 0.572. The smallest absolute Gasteiger partial charge is 0.434 e. The number of ether oxygens (including phenoxy) is 2. The molecular formula is C20H25N3O4S. The highest BCUT2D eigenvalue weighted by atomic mass is 32.1. The number of carbonyl (C=O) groups is 2. The number of amides is 1. The molecule has 1 amide bonds. The Hall–Kier alpha value is -2.45. The maximum Gasteiger partial charge on any atom is 0.513 e. The minimum atomic E-state index is -0.766. The molecule has 2 aromatic rings. The summed E-state index contributed by atoms with van der Waals surface area (Å²) in [7, 11) is 0. The zero-order valence-electron chi connectivity index (χ0n) is 16.1. The van der Waals surface area contributed by atoms with Crippen LogP contribution in [-0.4, -0.2) is 41.1 Å². The second kappa shape index (κ2) is 9.66. The van der Waals surface area contributed by atoms with E-state index in [-0.39, 0.29) is 12.5 Å². The van der Waals surface area contributed by atoms with E-state index in [1.165, 1.54) is 30.6 Å². The number of aromatic nitrogens is 1. The summed E-state index contributed by atoms with van der Waals surface area (Å²) in [6.45, 7) is 6.19. The van der Waals surface area contributed by atoms with Crippen LogP contribution in [0.2, 0.25) is 0 Å². The Morgan fingerprint density at radius 3 is 2.79 bits per heavy atom. The van der Waals surface area contributed by atoms with E-state index in [0.29, 0.717) is 22.5 Å². The molecule has 150 valence electrons. The fourth-order valence-electron chi connectivity index (χ4n) is 3.12. The lowest BCUT2D eigenvalue weighted by molar-refractivity contribution is 0.102. The summed E-state index contributed by atoms with van der Waals surface area (Å²) < 4.78 is 9.70. The molecule has 28 heavy (non-hydrogen) atoms. The first-order valence-corrected chi connectivity index (χ1v) is 10.3. The molecular weight excluding hydrogens is 378 g/mol. The fourth-order valence-corrected chi connectivity index (χ4v) is 3.95. The molecule has 1 aromatic heterocycles. The van der Waals surface area contributed by atoms with Gasteiger partial charge in [0.2, 0.25) is 0 Å². The molecule has 0 aliphatic carbocycles. The van der Waals surface area contributed by atoms with Crippen molar-refractivity contribution in [2.45, 2.75) is 45.7 Å². The Kier molecular flexibility index (Phi) is 7.00. The third kappa shape index (κ3) is 5.53. The second-order valence-electron chi connectivity index (χ2n) is 6.71. The zero-order chi connectivity index (χ0) is 19.9. The zero-order valence-corrected chi connectivity index (χ0v) is 17.0. The van der Waals surface area contributed by atoms with Crippen molar-refractivity contribution in [1.82, 2.24) is 9.88 Å². The third-order valence-corrected chi connectivity index (χ3v) is 5.55. The van der Waals surface area contributed by atoms with Crippen molar-refractivity contribution in [2.75, 3.05) is 18.5 Å². The van der Waals surface area contributed by atoms with Gasteiger partial charge in [0.25, 0.3) is 5.91 Å². The van der Waals surface area contributed by atoms with Crippen LogP contribution in [0.25, 0.3) is 0 Å². The Morgan fingerprint density at radius 2 is 2.07 bits per heavy atom. The van der Waals surface area contributed by atoms with Crippen LogP contribution in [-0.2, 0) is 11.3 Å². The Morgan fingerprint density at radius 1 is 1.29 bits per heavy atom. The number of hydrogen-bond donors (Lipinski definition) is 1. The van der Waals surface area contributed by atoms with E-state index in [9.17, 15) is 9.59 Å². The number of hydrogen-bond acceptors (Lipinski definition) is 7. The maximum absolute atomic E-state index is 12.4. The van der Waals surface area contributed by atoms with E-state index in [1.807, 2.05) is 6.20 Å². The maximum atomic E-state index is 12.4. The van der Waals surface area contributed by atoms with Crippen molar-refractivity contribution in [3.05, 3.63) is 40.9 Å². The average molecular weight is 404 g/mol. The normalized spacial score (nSPS) is 17.1. The van der Waals surface area contributed by atoms with E-state index in [0.717, 1.165) is 18.0 Å². The van der Waals surface area contributed by atoms with Gasteiger partial charge in [-0.1, -0.05) is 6.42 Å². The van der Waals surface area contributed by atoms with Crippen LogP contribution in [0, 0.1) is 0 Å². The van der Waals surface area contributed by atoms with Gasteiger partial charge in [0.15, 0.2) is 5.13 Å². The van der Waals surface area contributed by atoms with Crippen molar-refractivity contribution >= 4 is 28.5 Å². The number of anilines is 1. The minimum Gasteiger partial charge on any atom is -0.434 e. The summed E-state index contributed by atoms with van der Waals surface area (Å²) in [6.07, 6.45) is 4.84. The van der Waals surface area contributed by atoms with Gasteiger partial charge in [-0.25, -0.2) is 9.78 Å². The molecule has 8 heteroatoms. The molecule has 1 fully saturated rings. The lowest BCUT2D eigenvalue weighted by Gasteiger charge is -2.32. The van der Waals surface area contributed by atoms with Crippen LogP contribution in [0.3, 0.4) is 0 Å². The van der Waals surface area contributed by atoms with Gasteiger partial charge in [-0.3, -0.25) is 15.0 Å². The number of piperidine rings is 1. The van der Waals surface area contributed by atoms with E-state index in [4.69, 9.17) is 9.47 Å². The first-order valence-electron chi connectivity index (χ1n) is 9.50. The molecule has 7 nitrogen and oxygen atoms in total. The molecule has 0 spiro atoms. The summed E-state index contributed by atoms with van der Waals surface area (Å²) in [5, 5.41) is 3.41. The monoisotopic (exact) mass is 403 g/mol. The van der Waals surface area contributed by atoms with Crippen molar-refractivity contribution in [2.24, 2.45) is 0 Å². The third-order valence-electron chi connectivity index (χ3n) is 4.65. The molecule has 1 aliphatic rings. The van der Waals surface area contributed by atoms with E-state index in [1.54, 1.807) is 31.2 Å². The molecule has 1 aliphatic heterocycles. The number of rotatable bonds is 6. The van der Waals surface area contributed by atoms with Gasteiger partial charge >= 0.3 is 6.16 Å². The van der Waals surface area contributed by atoms with E-state index >= 15 is 0 Å². The van der Waals surface area contributed by atoms with Crippen molar-refractivity contribution in [3.8, 4) is 5.75 Å². The van der Waals surface area contributed by atoms with Crippen LogP contribution in [0.4, 0.5) is 9.93 Å². The summed E-state index contributed by atoms with van der Waals surface area (Å²) in [4.78, 5) is 31.6. The molecule has 1 N–H and O–H groups in total. The minimum absolute atomic E-state index is 0.242. The summed E-state index contributed by atoms with van der Waals surface area (Å²) in [5.74, 6) is 0.0668. The molecule has 3 rings (SSSR count). The second-order valence-corrected chi connectivity index (χ2v) is 7.83. The number of carbonyl (C=O) groups excluding carboxylic acids is 2. The van der Waals surface area contributed by atoms with E-state index in [2.05, 4.69) is 22.1 Å². The number of nitrogens with zero attached hydrogens (tertiary/aromatic N) is 2. The summed E-state index contributed by atoms with van der Waals surface area (Å²) in [5.41, 5.74) is 0.456. The van der Waals surface area contributed by atoms with Gasteiger partial charge in [0.05, 0.1) is 6.61 Å². The Labute approximate surface area is 168 Å². The van der Waals surface area contributed by atoms with Crippen LogP contribution in [0.1, 0.15) is 48.3 Å². The Balaban J connectivity index is 1.54. The number of benzene rings is 1. The fraction of sp³-hybridized carbons (Fsp3) is 0.450. The highest BCUT2D eigenvalue weighted by molar-refractivity contribution is 7.15. The summed E-state index contributed by atoms with van der Waals surface area (Å²) in [6, 6.07) is 6.87. The SMILES string of the molecule is CCOC(=O)Oc1ccc(C(=O)Nc2ncc(CN3CCCCC3C)s2)cc1. The molecule has 1 aromatic carbocycles. The molecule has 0 bridgehead atoms. The average Bonchev–Trinajstić information content (AvgIpc) is 3.11. The van der Waals surface area contributed by atoms with E-state index < -0.39 is 6.16 Å². The highest BCUT2D eigenvalue weighted by Gasteiger charge is 2.19. The van der Waals surface area contributed by atoms with Gasteiger partial charge in [0, 0.05) is 29.2 Å². The first kappa shape index (κ1) is 20.3. The first-order chi connectivity index (χ1) is 13.5. The molecule has 0 saturated carbocycles. The van der Waals surface area contributed by atoms with Crippen molar-refractivity contribution < 1.29 is 19.1 Å². The lowest BCUT2D eigenvalue weighted by atomic mass is 10.0. The topological polar surface area (TPSA) is 80.8 Å². The lowest BCUT2D eigenvalue weighted by Crippen LogP contribution is -2.36. The standard InChI is InChI=1S/C20H25N3O4S/c1-3-26-20(25)27-16-9-7-15(8-10-16)18(24)22-19-21-12-17(28-19)13-23-11-5-4-6-14(23)2/h7-10,12,14H,3-6,11,13H2,1-2H3,(H,21,22,24). The molecule has 0 radical (unpaired) electrons. The van der Waals surface area contributed by atoms with Crippen molar-refractivity contribution in [1.29, 1.82) is 0 Å². The molecule has 2 heterocycles. The molecule has 1 saturated heterocycles. The number of nitrogens with one attached hydrogen (secondary N) is 1. The van der Waals surface area contributed by atoms with Crippen molar-refractivity contribution in [3.63, 3.8) is 0 Å². The van der Waals surface area contributed by atoms with Gasteiger partial charge < -0.3 is 9.47 Å².